The van der Waals surface area contributed by atoms with Crippen LogP contribution in [0, 0.1) is 0 Å². The molecular formula is C47H77NO7. The number of rotatable bonds is 36. The van der Waals surface area contributed by atoms with Gasteiger partial charge in [0.15, 0.2) is 6.10 Å². The maximum atomic E-state index is 12.6. The van der Waals surface area contributed by atoms with Gasteiger partial charge in [0, 0.05) is 19.3 Å². The van der Waals surface area contributed by atoms with Crippen molar-refractivity contribution in [3.8, 4) is 0 Å². The van der Waals surface area contributed by atoms with Crippen molar-refractivity contribution in [2.75, 3.05) is 41.0 Å². The van der Waals surface area contributed by atoms with Crippen LogP contribution in [0.1, 0.15) is 142 Å². The molecule has 0 spiro atoms. The molecule has 0 aromatic heterocycles. The molecule has 0 heterocycles. The summed E-state index contributed by atoms with van der Waals surface area (Å²) in [6.45, 7) is 4.40. The quantitative estimate of drug-likeness (QED) is 0.0271. The zero-order chi connectivity index (χ0) is 40.7. The normalized spacial score (nSPS) is 13.8. The first-order chi connectivity index (χ1) is 26.6. The van der Waals surface area contributed by atoms with E-state index in [1.54, 1.807) is 21.1 Å². The summed E-state index contributed by atoms with van der Waals surface area (Å²) in [5.74, 6) is -1.85. The van der Waals surface area contributed by atoms with Crippen molar-refractivity contribution in [2.24, 2.45) is 0 Å². The Morgan fingerprint density at radius 3 is 1.58 bits per heavy atom. The van der Waals surface area contributed by atoms with E-state index >= 15 is 0 Å². The third kappa shape index (κ3) is 35.9. The van der Waals surface area contributed by atoms with Gasteiger partial charge in [0.25, 0.3) is 0 Å². The summed E-state index contributed by atoms with van der Waals surface area (Å²) in [5, 5.41) is 11.6. The smallest absolute Gasteiger partial charge is 0.306 e. The molecule has 0 aromatic carbocycles. The van der Waals surface area contributed by atoms with Crippen LogP contribution in [0.5, 0.6) is 0 Å². The number of likely N-dealkylation sites (N-methyl/N-ethyl adjacent to an activating group) is 1. The second-order valence-electron chi connectivity index (χ2n) is 14.8. The van der Waals surface area contributed by atoms with Gasteiger partial charge in [-0.3, -0.25) is 9.59 Å². The van der Waals surface area contributed by atoms with E-state index in [0.29, 0.717) is 12.8 Å². The summed E-state index contributed by atoms with van der Waals surface area (Å²) in [6, 6.07) is -0.738. The van der Waals surface area contributed by atoms with E-state index in [1.807, 2.05) is 6.08 Å². The fourth-order valence-corrected chi connectivity index (χ4v) is 5.50. The molecule has 0 amide bonds. The number of hydrogen-bond donors (Lipinski definition) is 0. The monoisotopic (exact) mass is 768 g/mol. The molecule has 0 N–H and O–H groups in total. The number of carboxylic acids is 1. The molecule has 2 unspecified atom stereocenters. The van der Waals surface area contributed by atoms with E-state index in [-0.39, 0.29) is 49.1 Å². The first-order valence-corrected chi connectivity index (χ1v) is 21.1. The number of unbranched alkanes of at least 4 members (excludes halogenated alkanes) is 8. The fraction of sp³-hybridized carbons (Fsp3) is 0.638. The number of nitrogens with zero attached hydrogens (tertiary/aromatic N) is 1. The Bertz CT molecular complexity index is 1170. The van der Waals surface area contributed by atoms with Gasteiger partial charge in [-0.25, -0.2) is 0 Å². The van der Waals surface area contributed by atoms with Gasteiger partial charge in [-0.15, -0.1) is 0 Å². The molecule has 2 atom stereocenters. The lowest BCUT2D eigenvalue weighted by Crippen LogP contribution is -2.55. The molecule has 0 radical (unpaired) electrons. The van der Waals surface area contributed by atoms with Crippen molar-refractivity contribution in [1.82, 2.24) is 0 Å². The number of esters is 2. The summed E-state index contributed by atoms with van der Waals surface area (Å²) in [6.07, 6.45) is 47.8. The number of carboxylic acid groups (broad SMARTS) is 1. The first-order valence-electron chi connectivity index (χ1n) is 21.1. The molecule has 0 aliphatic rings. The number of allylic oxidation sites excluding steroid dienone is 14. The van der Waals surface area contributed by atoms with Crippen LogP contribution in [-0.4, -0.2) is 75.5 Å². The lowest BCUT2D eigenvalue weighted by Gasteiger charge is -2.34. The highest BCUT2D eigenvalue weighted by Gasteiger charge is 2.25. The number of carbonyl (C=O) groups is 3. The molecule has 0 fully saturated rings. The standard InChI is InChI=1S/C47H77NO7/c1-6-8-10-12-14-16-17-18-19-20-21-22-23-24-25-26-27-28-29-30-32-33-35-37-45(49)54-42-43(41-53-40-39-44(47(51)52)48(3,4)5)55-46(50)38-36-34-31-15-13-11-9-7-2/h8,10,14,16,18-19,21-22,24-25,27-28,31,34,43-44H,6-7,9,11-13,15,17,20,23,26,29-30,32-33,35-42H2,1-5H3/b10-8+,16-14+,19-18+,22-21+,25-24+,28-27+,34-31+. The highest BCUT2D eigenvalue weighted by molar-refractivity contribution is 5.70. The molecule has 0 aliphatic carbocycles. The summed E-state index contributed by atoms with van der Waals surface area (Å²) in [5.41, 5.74) is 0. The van der Waals surface area contributed by atoms with Crippen molar-refractivity contribution in [1.29, 1.82) is 0 Å². The van der Waals surface area contributed by atoms with Gasteiger partial charge in [0.1, 0.15) is 12.6 Å². The van der Waals surface area contributed by atoms with Crippen LogP contribution in [-0.2, 0) is 28.6 Å². The second-order valence-corrected chi connectivity index (χ2v) is 14.8. The van der Waals surface area contributed by atoms with Gasteiger partial charge in [-0.05, 0) is 77.0 Å². The van der Waals surface area contributed by atoms with E-state index in [4.69, 9.17) is 14.2 Å². The van der Waals surface area contributed by atoms with Crippen LogP contribution in [0.4, 0.5) is 0 Å². The predicted molar refractivity (Wildman–Crippen MR) is 226 cm³/mol. The van der Waals surface area contributed by atoms with Crippen LogP contribution in [0.15, 0.2) is 85.1 Å². The molecule has 0 aromatic rings. The van der Waals surface area contributed by atoms with Crippen LogP contribution >= 0.6 is 0 Å². The van der Waals surface area contributed by atoms with Gasteiger partial charge < -0.3 is 28.6 Å². The lowest BCUT2D eigenvalue weighted by molar-refractivity contribution is -0.889. The maximum absolute atomic E-state index is 12.6. The van der Waals surface area contributed by atoms with Crippen LogP contribution in [0.25, 0.3) is 0 Å². The van der Waals surface area contributed by atoms with Gasteiger partial charge in [-0.1, -0.05) is 131 Å². The first kappa shape index (κ1) is 51.5. The minimum Gasteiger partial charge on any atom is -0.544 e. The second kappa shape index (κ2) is 37.4. The molecule has 8 nitrogen and oxygen atoms in total. The predicted octanol–water partition coefficient (Wildman–Crippen LogP) is 10.0. The van der Waals surface area contributed by atoms with E-state index in [2.05, 4.69) is 92.8 Å². The number of aliphatic carboxylic acids is 1. The number of ether oxygens (including phenoxy) is 3. The topological polar surface area (TPSA) is 102 Å². The average molecular weight is 768 g/mol. The van der Waals surface area contributed by atoms with E-state index in [9.17, 15) is 19.5 Å². The number of hydrogen-bond acceptors (Lipinski definition) is 7. The largest absolute Gasteiger partial charge is 0.544 e. The zero-order valence-corrected chi connectivity index (χ0v) is 35.3. The Morgan fingerprint density at radius 2 is 1.05 bits per heavy atom. The maximum Gasteiger partial charge on any atom is 0.306 e. The Morgan fingerprint density at radius 1 is 0.564 bits per heavy atom. The van der Waals surface area contributed by atoms with E-state index < -0.39 is 18.1 Å². The molecule has 55 heavy (non-hydrogen) atoms. The van der Waals surface area contributed by atoms with Crippen molar-refractivity contribution in [2.45, 2.75) is 154 Å². The molecule has 0 bridgehead atoms. The molecule has 0 rings (SSSR count). The molecule has 312 valence electrons. The van der Waals surface area contributed by atoms with Crippen LogP contribution in [0.2, 0.25) is 0 Å². The zero-order valence-electron chi connectivity index (χ0n) is 35.3. The molecule has 0 aliphatic heterocycles. The van der Waals surface area contributed by atoms with Crippen LogP contribution < -0.4 is 5.11 Å². The molecule has 8 heteroatoms. The minimum absolute atomic E-state index is 0.0117. The Balaban J connectivity index is 4.32. The van der Waals surface area contributed by atoms with Crippen molar-refractivity contribution in [3.63, 3.8) is 0 Å². The third-order valence-electron chi connectivity index (χ3n) is 8.78. The lowest BCUT2D eigenvalue weighted by atomic mass is 10.1. The fourth-order valence-electron chi connectivity index (χ4n) is 5.50. The summed E-state index contributed by atoms with van der Waals surface area (Å²) >= 11 is 0. The summed E-state index contributed by atoms with van der Waals surface area (Å²) in [7, 11) is 5.37. The SMILES string of the molecule is CC/C=C/C/C=C/C/C=C/C/C=C/C/C=C/C/C=C/CCCCCCC(=O)OCC(COCCC(C(=O)[O-])[N+](C)(C)C)OC(=O)CC/C=C/CCCCCC. The molecular weight excluding hydrogens is 691 g/mol. The minimum atomic E-state index is -1.14. The van der Waals surface area contributed by atoms with Crippen molar-refractivity contribution in [3.05, 3.63) is 85.1 Å². The van der Waals surface area contributed by atoms with E-state index in [1.165, 1.54) is 19.3 Å². The van der Waals surface area contributed by atoms with Crippen molar-refractivity contribution >= 4 is 17.9 Å². The number of carbonyl (C=O) groups excluding carboxylic acids is 3. The number of quaternary nitrogens is 1. The van der Waals surface area contributed by atoms with Gasteiger partial charge in [0.05, 0.1) is 40.3 Å². The highest BCUT2D eigenvalue weighted by atomic mass is 16.6. The summed E-state index contributed by atoms with van der Waals surface area (Å²) in [4.78, 5) is 36.6. The van der Waals surface area contributed by atoms with Crippen molar-refractivity contribution < 1.29 is 38.2 Å². The van der Waals surface area contributed by atoms with Crippen LogP contribution in [0.3, 0.4) is 0 Å². The van der Waals surface area contributed by atoms with Gasteiger partial charge in [0.2, 0.25) is 0 Å². The highest BCUT2D eigenvalue weighted by Crippen LogP contribution is 2.11. The van der Waals surface area contributed by atoms with Gasteiger partial charge in [-0.2, -0.15) is 0 Å². The van der Waals surface area contributed by atoms with E-state index in [0.717, 1.165) is 83.5 Å². The Hall–Kier alpha value is -3.49. The molecule has 0 saturated heterocycles. The Kier molecular flexibility index (Phi) is 35.1. The Labute approximate surface area is 335 Å². The summed E-state index contributed by atoms with van der Waals surface area (Å²) < 4.78 is 17.0. The third-order valence-corrected chi connectivity index (χ3v) is 8.78. The average Bonchev–Trinajstić information content (AvgIpc) is 3.14. The molecule has 0 saturated carbocycles. The van der Waals surface area contributed by atoms with Gasteiger partial charge >= 0.3 is 11.9 Å².